The Bertz CT molecular complexity index is 548. The lowest BCUT2D eigenvalue weighted by Gasteiger charge is -2.30. The van der Waals surface area contributed by atoms with Crippen molar-refractivity contribution in [2.45, 2.75) is 31.7 Å². The van der Waals surface area contributed by atoms with E-state index in [1.165, 1.54) is 12.1 Å². The monoisotopic (exact) mass is 330 g/mol. The predicted octanol–water partition coefficient (Wildman–Crippen LogP) is 2.08. The molecule has 1 saturated heterocycles. The summed E-state index contributed by atoms with van der Waals surface area (Å²) >= 11 is 0. The third-order valence-electron chi connectivity index (χ3n) is 3.80. The van der Waals surface area contributed by atoms with Gasteiger partial charge in [-0.05, 0) is 32.0 Å². The number of likely N-dealkylation sites (N-methyl/N-ethyl adjacent to an activating group) is 1. The number of hydrogen-bond donors (Lipinski definition) is 1. The number of ether oxygens (including phenoxy) is 1. The number of morpholine rings is 1. The fourth-order valence-electron chi connectivity index (χ4n) is 2.63. The number of carbonyl (C=O) groups is 1. The van der Waals surface area contributed by atoms with Crippen LogP contribution >= 0.6 is 0 Å². The van der Waals surface area contributed by atoms with Crippen LogP contribution in [0.4, 0.5) is 13.2 Å². The van der Waals surface area contributed by atoms with Crippen molar-refractivity contribution in [3.63, 3.8) is 0 Å². The fraction of sp³-hybridized carbons (Fsp3) is 0.562. The van der Waals surface area contributed by atoms with Crippen LogP contribution in [0.25, 0.3) is 0 Å². The number of halogens is 3. The minimum absolute atomic E-state index is 0.115. The SMILES string of the molecule is C[C@H](Cc1ccccc1C(F)(F)F)NC(=O)[C@H]1CN(C)CCO1. The van der Waals surface area contributed by atoms with Crippen molar-refractivity contribution in [2.24, 2.45) is 0 Å². The molecule has 1 N–H and O–H groups in total. The summed E-state index contributed by atoms with van der Waals surface area (Å²) < 4.78 is 44.4. The van der Waals surface area contributed by atoms with E-state index in [9.17, 15) is 18.0 Å². The van der Waals surface area contributed by atoms with E-state index in [-0.39, 0.29) is 17.9 Å². The normalized spacial score (nSPS) is 21.0. The smallest absolute Gasteiger partial charge is 0.366 e. The van der Waals surface area contributed by atoms with Gasteiger partial charge in [0, 0.05) is 19.1 Å². The molecule has 1 heterocycles. The van der Waals surface area contributed by atoms with Crippen molar-refractivity contribution in [2.75, 3.05) is 26.7 Å². The van der Waals surface area contributed by atoms with Crippen LogP contribution in [0.15, 0.2) is 24.3 Å². The number of alkyl halides is 3. The third-order valence-corrected chi connectivity index (χ3v) is 3.80. The second-order valence-electron chi connectivity index (χ2n) is 5.89. The number of benzene rings is 1. The lowest BCUT2D eigenvalue weighted by atomic mass is 10.0. The number of nitrogens with zero attached hydrogens (tertiary/aromatic N) is 1. The quantitative estimate of drug-likeness (QED) is 0.919. The van der Waals surface area contributed by atoms with Crippen LogP contribution in [-0.4, -0.2) is 49.7 Å². The average Bonchev–Trinajstić information content (AvgIpc) is 2.46. The standard InChI is InChI=1S/C16H21F3N2O2/c1-11(20-15(22)14-10-21(2)7-8-23-14)9-12-5-3-4-6-13(12)16(17,18)19/h3-6,11,14H,7-10H2,1-2H3,(H,20,22)/t11-,14-/m1/s1. The highest BCUT2D eigenvalue weighted by Gasteiger charge is 2.33. The third kappa shape index (κ3) is 4.94. The number of hydrogen-bond acceptors (Lipinski definition) is 3. The van der Waals surface area contributed by atoms with Gasteiger partial charge < -0.3 is 15.0 Å². The van der Waals surface area contributed by atoms with E-state index in [0.717, 1.165) is 12.6 Å². The summed E-state index contributed by atoms with van der Waals surface area (Å²) in [6.07, 6.45) is -4.85. The van der Waals surface area contributed by atoms with Gasteiger partial charge in [-0.3, -0.25) is 4.79 Å². The first-order valence-corrected chi connectivity index (χ1v) is 7.53. The Morgan fingerprint density at radius 2 is 2.13 bits per heavy atom. The van der Waals surface area contributed by atoms with Gasteiger partial charge in [0.15, 0.2) is 0 Å². The maximum absolute atomic E-state index is 13.0. The maximum Gasteiger partial charge on any atom is 0.416 e. The first-order chi connectivity index (χ1) is 10.8. The molecular weight excluding hydrogens is 309 g/mol. The molecule has 0 aromatic heterocycles. The van der Waals surface area contributed by atoms with E-state index in [1.807, 2.05) is 11.9 Å². The van der Waals surface area contributed by atoms with Crippen LogP contribution in [0.3, 0.4) is 0 Å². The van der Waals surface area contributed by atoms with E-state index < -0.39 is 23.9 Å². The molecule has 1 aromatic carbocycles. The molecule has 1 amide bonds. The highest BCUT2D eigenvalue weighted by Crippen LogP contribution is 2.32. The van der Waals surface area contributed by atoms with Crippen molar-refractivity contribution in [1.29, 1.82) is 0 Å². The zero-order valence-corrected chi connectivity index (χ0v) is 13.2. The molecule has 0 aliphatic carbocycles. The Kier molecular flexibility index (Phi) is 5.64. The number of rotatable bonds is 4. The first kappa shape index (κ1) is 17.7. The molecule has 0 spiro atoms. The predicted molar refractivity (Wildman–Crippen MR) is 80.0 cm³/mol. The van der Waals surface area contributed by atoms with Crippen LogP contribution in [-0.2, 0) is 22.1 Å². The Hall–Kier alpha value is -1.60. The molecule has 0 saturated carbocycles. The lowest BCUT2D eigenvalue weighted by molar-refractivity contribution is -0.138. The summed E-state index contributed by atoms with van der Waals surface area (Å²) in [5.41, 5.74) is -0.482. The summed E-state index contributed by atoms with van der Waals surface area (Å²) in [4.78, 5) is 14.1. The van der Waals surface area contributed by atoms with E-state index in [4.69, 9.17) is 4.74 Å². The molecule has 2 atom stereocenters. The molecule has 2 rings (SSSR count). The molecule has 0 unspecified atom stereocenters. The van der Waals surface area contributed by atoms with Crippen LogP contribution in [0.5, 0.6) is 0 Å². The number of nitrogens with one attached hydrogen (secondary N) is 1. The van der Waals surface area contributed by atoms with E-state index >= 15 is 0 Å². The van der Waals surface area contributed by atoms with Gasteiger partial charge in [0.05, 0.1) is 12.2 Å². The Morgan fingerprint density at radius 3 is 2.78 bits per heavy atom. The molecule has 1 aliphatic rings. The molecule has 7 heteroatoms. The molecular formula is C16H21F3N2O2. The van der Waals surface area contributed by atoms with Gasteiger partial charge in [-0.15, -0.1) is 0 Å². The summed E-state index contributed by atoms with van der Waals surface area (Å²) in [5.74, 6) is -0.284. The molecule has 1 aromatic rings. The molecule has 128 valence electrons. The average molecular weight is 330 g/mol. The molecule has 1 fully saturated rings. The molecule has 23 heavy (non-hydrogen) atoms. The zero-order valence-electron chi connectivity index (χ0n) is 13.2. The maximum atomic E-state index is 13.0. The van der Waals surface area contributed by atoms with E-state index in [1.54, 1.807) is 13.0 Å². The number of carbonyl (C=O) groups excluding carboxylic acids is 1. The van der Waals surface area contributed by atoms with Crippen molar-refractivity contribution < 1.29 is 22.7 Å². The molecule has 1 aliphatic heterocycles. The Balaban J connectivity index is 1.97. The molecule has 0 radical (unpaired) electrons. The zero-order chi connectivity index (χ0) is 17.0. The van der Waals surface area contributed by atoms with E-state index in [0.29, 0.717) is 13.2 Å². The number of amides is 1. The van der Waals surface area contributed by atoms with Crippen LogP contribution in [0, 0.1) is 0 Å². The van der Waals surface area contributed by atoms with Crippen molar-refractivity contribution in [3.8, 4) is 0 Å². The molecule has 0 bridgehead atoms. The topological polar surface area (TPSA) is 41.6 Å². The summed E-state index contributed by atoms with van der Waals surface area (Å²) in [6.45, 7) is 3.41. The van der Waals surface area contributed by atoms with Crippen LogP contribution in [0.2, 0.25) is 0 Å². The Labute approximate surface area is 133 Å². The second kappa shape index (κ2) is 7.31. The largest absolute Gasteiger partial charge is 0.416 e. The van der Waals surface area contributed by atoms with Gasteiger partial charge in [-0.2, -0.15) is 13.2 Å². The second-order valence-corrected chi connectivity index (χ2v) is 5.89. The van der Waals surface area contributed by atoms with E-state index in [2.05, 4.69) is 5.32 Å². The van der Waals surface area contributed by atoms with Gasteiger partial charge >= 0.3 is 6.18 Å². The van der Waals surface area contributed by atoms with Gasteiger partial charge in [0.2, 0.25) is 0 Å². The van der Waals surface area contributed by atoms with Gasteiger partial charge in [-0.1, -0.05) is 18.2 Å². The van der Waals surface area contributed by atoms with Gasteiger partial charge in [0.1, 0.15) is 6.10 Å². The molecule has 4 nitrogen and oxygen atoms in total. The summed E-state index contributed by atoms with van der Waals surface area (Å²) in [7, 11) is 1.89. The minimum Gasteiger partial charge on any atom is -0.366 e. The fourth-order valence-corrected chi connectivity index (χ4v) is 2.63. The highest BCUT2D eigenvalue weighted by atomic mass is 19.4. The lowest BCUT2D eigenvalue weighted by Crippen LogP contribution is -2.50. The summed E-state index contributed by atoms with van der Waals surface area (Å²) in [5, 5.41) is 2.74. The van der Waals surface area contributed by atoms with Gasteiger partial charge in [0.25, 0.3) is 5.91 Å². The Morgan fingerprint density at radius 1 is 1.43 bits per heavy atom. The first-order valence-electron chi connectivity index (χ1n) is 7.53. The van der Waals surface area contributed by atoms with Crippen LogP contribution in [0.1, 0.15) is 18.1 Å². The van der Waals surface area contributed by atoms with Gasteiger partial charge in [-0.25, -0.2) is 0 Å². The highest BCUT2D eigenvalue weighted by molar-refractivity contribution is 5.81. The van der Waals surface area contributed by atoms with Crippen molar-refractivity contribution in [1.82, 2.24) is 10.2 Å². The summed E-state index contributed by atoms with van der Waals surface area (Å²) in [6, 6.07) is 5.01. The van der Waals surface area contributed by atoms with Crippen molar-refractivity contribution in [3.05, 3.63) is 35.4 Å². The minimum atomic E-state index is -4.39. The van der Waals surface area contributed by atoms with Crippen LogP contribution < -0.4 is 5.32 Å². The van der Waals surface area contributed by atoms with Crippen molar-refractivity contribution >= 4 is 5.91 Å².